The van der Waals surface area contributed by atoms with Crippen LogP contribution in [-0.4, -0.2) is 36.3 Å². The number of phenolic OH excluding ortho intramolecular Hbond substituents is 1. The third-order valence-corrected chi connectivity index (χ3v) is 7.09. The van der Waals surface area contributed by atoms with Crippen molar-refractivity contribution >= 4 is 15.6 Å². The summed E-state index contributed by atoms with van der Waals surface area (Å²) in [7, 11) is -3.79. The van der Waals surface area contributed by atoms with Gasteiger partial charge in [0.15, 0.2) is 27.1 Å². The van der Waals surface area contributed by atoms with Crippen molar-refractivity contribution < 1.29 is 36.6 Å². The number of sulfone groups is 1. The molecule has 1 aromatic heterocycles. The average Bonchev–Trinajstić information content (AvgIpc) is 3.44. The van der Waals surface area contributed by atoms with Gasteiger partial charge in [-0.25, -0.2) is 8.42 Å². The number of Topliss-reactive ketones (excluding diaryl/α,β-unsaturated/α-hetero) is 1. The quantitative estimate of drug-likeness (QED) is 0.666. The molecule has 1 aliphatic carbocycles. The van der Waals surface area contributed by atoms with Gasteiger partial charge < -0.3 is 14.6 Å². The Hall–Kier alpha value is -3.26. The van der Waals surface area contributed by atoms with Crippen molar-refractivity contribution in [3.63, 3.8) is 0 Å². The van der Waals surface area contributed by atoms with E-state index in [1.807, 2.05) is 0 Å². The van der Waals surface area contributed by atoms with Crippen LogP contribution in [0.5, 0.6) is 17.2 Å². The Morgan fingerprint density at radius 2 is 1.90 bits per heavy atom. The first kappa shape index (κ1) is 21.0. The number of ether oxygens (including phenoxy) is 2. The summed E-state index contributed by atoms with van der Waals surface area (Å²) >= 11 is 0. The fraction of sp³-hybridized carbons (Fsp3) is 0.350. The summed E-state index contributed by atoms with van der Waals surface area (Å²) in [6.07, 6.45) is -1.89. The lowest BCUT2D eigenvalue weighted by molar-refractivity contribution is -0.286. The fourth-order valence-electron chi connectivity index (χ4n) is 3.34. The van der Waals surface area contributed by atoms with Gasteiger partial charge in [0, 0.05) is 12.3 Å². The lowest BCUT2D eigenvalue weighted by atomic mass is 9.98. The van der Waals surface area contributed by atoms with Gasteiger partial charge in [0.2, 0.25) is 0 Å². The van der Waals surface area contributed by atoms with Crippen molar-refractivity contribution in [2.75, 3.05) is 5.75 Å². The Kier molecular flexibility index (Phi) is 4.66. The number of hydrogen-bond acceptors (Lipinski definition) is 8. The van der Waals surface area contributed by atoms with Gasteiger partial charge in [0.05, 0.1) is 39.8 Å². The predicted octanol–water partition coefficient (Wildman–Crippen LogP) is 2.88. The highest BCUT2D eigenvalue weighted by atomic mass is 32.2. The van der Waals surface area contributed by atoms with Crippen molar-refractivity contribution in [1.29, 1.82) is 5.26 Å². The molecule has 1 saturated carbocycles. The van der Waals surface area contributed by atoms with Crippen LogP contribution in [0, 0.1) is 11.3 Å². The zero-order valence-corrected chi connectivity index (χ0v) is 17.0. The summed E-state index contributed by atoms with van der Waals surface area (Å²) in [6.45, 7) is 1.44. The molecular formula is C20H16F2N2O6S. The number of carbonyl (C=O) groups excluding carboxylic acids is 1. The molecule has 1 fully saturated rings. The topological polar surface area (TPSA) is 127 Å². The third-order valence-electron chi connectivity index (χ3n) is 5.31. The normalized spacial score (nSPS) is 17.7. The molecule has 0 unspecified atom stereocenters. The number of nitrogens with zero attached hydrogens (tertiary/aromatic N) is 2. The van der Waals surface area contributed by atoms with Crippen molar-refractivity contribution in [3.8, 4) is 23.3 Å². The number of rotatable bonds is 6. The molecule has 0 bridgehead atoms. The first-order valence-electron chi connectivity index (χ1n) is 9.30. The van der Waals surface area contributed by atoms with Crippen LogP contribution < -0.4 is 9.47 Å². The number of benzene rings is 1. The van der Waals surface area contributed by atoms with Crippen LogP contribution >= 0.6 is 0 Å². The second-order valence-corrected chi connectivity index (χ2v) is 9.60. The highest BCUT2D eigenvalue weighted by Crippen LogP contribution is 2.48. The van der Waals surface area contributed by atoms with E-state index in [9.17, 15) is 32.4 Å². The van der Waals surface area contributed by atoms with Crippen LogP contribution in [0.2, 0.25) is 0 Å². The SMILES string of the molecule is CCS(=O)(=O)c1cc(C2(C#N)CC2)cnc1CC(=O)c1cc2c(cc1O)OC(F)(F)O2. The monoisotopic (exact) mass is 450 g/mol. The largest absolute Gasteiger partial charge is 0.586 e. The van der Waals surface area contributed by atoms with Crippen LogP contribution in [0.4, 0.5) is 8.78 Å². The van der Waals surface area contributed by atoms with Crippen LogP contribution in [0.3, 0.4) is 0 Å². The Balaban J connectivity index is 1.70. The first-order valence-corrected chi connectivity index (χ1v) is 10.9. The Morgan fingerprint density at radius 3 is 2.48 bits per heavy atom. The van der Waals surface area contributed by atoms with Crippen molar-refractivity contribution in [3.05, 3.63) is 41.2 Å². The molecule has 2 heterocycles. The lowest BCUT2D eigenvalue weighted by Crippen LogP contribution is -2.25. The number of alkyl halides is 2. The summed E-state index contributed by atoms with van der Waals surface area (Å²) in [5.74, 6) is -2.48. The minimum absolute atomic E-state index is 0.0632. The maximum absolute atomic E-state index is 13.2. The number of ketones is 1. The van der Waals surface area contributed by atoms with Crippen LogP contribution in [-0.2, 0) is 21.7 Å². The van der Waals surface area contributed by atoms with E-state index >= 15 is 0 Å². The number of nitriles is 1. The van der Waals surface area contributed by atoms with E-state index in [-0.39, 0.29) is 21.9 Å². The van der Waals surface area contributed by atoms with Gasteiger partial charge in [-0.2, -0.15) is 5.26 Å². The molecule has 0 amide bonds. The number of phenols is 1. The molecular weight excluding hydrogens is 434 g/mol. The highest BCUT2D eigenvalue weighted by Gasteiger charge is 2.46. The van der Waals surface area contributed by atoms with E-state index in [1.165, 1.54) is 19.2 Å². The summed E-state index contributed by atoms with van der Waals surface area (Å²) in [6, 6.07) is 5.27. The van der Waals surface area contributed by atoms with Crippen molar-refractivity contribution in [1.82, 2.24) is 4.98 Å². The summed E-state index contributed by atoms with van der Waals surface area (Å²) in [4.78, 5) is 16.7. The van der Waals surface area contributed by atoms with Gasteiger partial charge >= 0.3 is 6.29 Å². The van der Waals surface area contributed by atoms with E-state index in [4.69, 9.17) is 0 Å². The molecule has 2 aromatic rings. The molecule has 0 atom stereocenters. The van der Waals surface area contributed by atoms with Gasteiger partial charge in [-0.05, 0) is 30.5 Å². The number of aromatic hydroxyl groups is 1. The van der Waals surface area contributed by atoms with Gasteiger partial charge in [-0.3, -0.25) is 9.78 Å². The zero-order chi connectivity index (χ0) is 22.6. The van der Waals surface area contributed by atoms with E-state index in [2.05, 4.69) is 20.5 Å². The Bertz CT molecular complexity index is 1250. The Labute approximate surface area is 176 Å². The molecule has 0 spiro atoms. The summed E-state index contributed by atoms with van der Waals surface area (Å²) < 4.78 is 60.2. The molecule has 1 N–H and O–H groups in total. The molecule has 11 heteroatoms. The van der Waals surface area contributed by atoms with Crippen LogP contribution in [0.25, 0.3) is 0 Å². The van der Waals surface area contributed by atoms with Crippen LogP contribution in [0.1, 0.15) is 41.4 Å². The molecule has 2 aliphatic rings. The molecule has 162 valence electrons. The standard InChI is InChI=1S/C20H16F2N2O6S/c1-2-31(27,28)18-5-11(19(10-23)3-4-19)9-24-13(18)7-14(25)12-6-16-17(8-15(12)26)30-20(21,22)29-16/h5-6,8-9,26H,2-4,7H2,1H3. The van der Waals surface area contributed by atoms with E-state index in [0.717, 1.165) is 12.1 Å². The summed E-state index contributed by atoms with van der Waals surface area (Å²) in [5, 5.41) is 19.5. The molecule has 8 nitrogen and oxygen atoms in total. The molecule has 0 radical (unpaired) electrons. The van der Waals surface area contributed by atoms with E-state index in [0.29, 0.717) is 18.4 Å². The maximum Gasteiger partial charge on any atom is 0.586 e. The fourth-order valence-corrected chi connectivity index (χ4v) is 4.44. The van der Waals surface area contributed by atoms with Crippen LogP contribution in [0.15, 0.2) is 29.3 Å². The number of carbonyl (C=O) groups is 1. The highest BCUT2D eigenvalue weighted by molar-refractivity contribution is 7.91. The summed E-state index contributed by atoms with van der Waals surface area (Å²) in [5.41, 5.74) is -0.714. The molecule has 1 aliphatic heterocycles. The third kappa shape index (κ3) is 3.67. The number of fused-ring (bicyclic) bond motifs is 1. The van der Waals surface area contributed by atoms with Crippen molar-refractivity contribution in [2.24, 2.45) is 0 Å². The van der Waals surface area contributed by atoms with E-state index in [1.54, 1.807) is 0 Å². The van der Waals surface area contributed by atoms with E-state index < -0.39 is 51.0 Å². The predicted molar refractivity (Wildman–Crippen MR) is 101 cm³/mol. The minimum atomic E-state index is -3.92. The maximum atomic E-state index is 13.2. The number of hydrogen-bond donors (Lipinski definition) is 1. The van der Waals surface area contributed by atoms with Gasteiger partial charge in [0.1, 0.15) is 5.75 Å². The smallest absolute Gasteiger partial charge is 0.507 e. The molecule has 4 rings (SSSR count). The molecule has 31 heavy (non-hydrogen) atoms. The zero-order valence-electron chi connectivity index (χ0n) is 16.2. The molecule has 1 aromatic carbocycles. The Morgan fingerprint density at radius 1 is 1.26 bits per heavy atom. The van der Waals surface area contributed by atoms with Gasteiger partial charge in [-0.1, -0.05) is 6.92 Å². The number of pyridine rings is 1. The van der Waals surface area contributed by atoms with Gasteiger partial charge in [-0.15, -0.1) is 8.78 Å². The second kappa shape index (κ2) is 6.88. The van der Waals surface area contributed by atoms with Crippen molar-refractivity contribution in [2.45, 2.75) is 42.8 Å². The van der Waals surface area contributed by atoms with Gasteiger partial charge in [0.25, 0.3) is 0 Å². The lowest BCUT2D eigenvalue weighted by Gasteiger charge is -2.13. The minimum Gasteiger partial charge on any atom is -0.507 e. The average molecular weight is 450 g/mol. The first-order chi connectivity index (χ1) is 14.5. The number of aromatic nitrogens is 1. The second-order valence-electron chi connectivity index (χ2n) is 7.35. The number of halogens is 2. The molecule has 0 saturated heterocycles.